The number of carbonyl (C=O) groups is 2. The van der Waals surface area contributed by atoms with Gasteiger partial charge in [-0.05, 0) is 13.2 Å². The van der Waals surface area contributed by atoms with Gasteiger partial charge in [-0.25, -0.2) is 0 Å². The number of imide groups is 1. The number of amides is 2. The summed E-state index contributed by atoms with van der Waals surface area (Å²) in [6.07, 6.45) is 2.32. The standard InChI is InChI=1S/C9H16N2O2S/c1-6(5-14-3)10-7-4-8(12)11(2)9(7)13/h6-7,10H,4-5H2,1-3H3. The number of nitrogens with one attached hydrogen (secondary N) is 1. The Morgan fingerprint density at radius 2 is 2.29 bits per heavy atom. The normalized spacial score (nSPS) is 24.5. The van der Waals surface area contributed by atoms with Gasteiger partial charge in [0.05, 0.1) is 12.5 Å². The van der Waals surface area contributed by atoms with Gasteiger partial charge in [-0.1, -0.05) is 0 Å². The van der Waals surface area contributed by atoms with E-state index in [0.29, 0.717) is 6.42 Å². The van der Waals surface area contributed by atoms with E-state index in [1.54, 1.807) is 11.8 Å². The van der Waals surface area contributed by atoms with Crippen LogP contribution in [-0.4, -0.2) is 47.9 Å². The predicted molar refractivity (Wildman–Crippen MR) is 57.2 cm³/mol. The van der Waals surface area contributed by atoms with Crippen molar-refractivity contribution < 1.29 is 9.59 Å². The van der Waals surface area contributed by atoms with Gasteiger partial charge in [-0.15, -0.1) is 0 Å². The fourth-order valence-electron chi connectivity index (χ4n) is 1.53. The molecule has 2 unspecified atom stereocenters. The Hall–Kier alpha value is -0.550. The molecule has 0 spiro atoms. The van der Waals surface area contributed by atoms with E-state index < -0.39 is 0 Å². The fourth-order valence-corrected chi connectivity index (χ4v) is 2.12. The molecule has 0 aliphatic carbocycles. The number of hydrogen-bond donors (Lipinski definition) is 1. The molecule has 80 valence electrons. The van der Waals surface area contributed by atoms with Gasteiger partial charge in [0.2, 0.25) is 11.8 Å². The third-order valence-corrected chi connectivity index (χ3v) is 3.12. The molecule has 1 N–H and O–H groups in total. The lowest BCUT2D eigenvalue weighted by molar-refractivity contribution is -0.137. The summed E-state index contributed by atoms with van der Waals surface area (Å²) in [6.45, 7) is 2.02. The van der Waals surface area contributed by atoms with E-state index in [0.717, 1.165) is 5.75 Å². The van der Waals surface area contributed by atoms with E-state index >= 15 is 0 Å². The molecule has 0 saturated carbocycles. The molecule has 1 aliphatic heterocycles. The largest absolute Gasteiger partial charge is 0.302 e. The molecule has 0 aromatic heterocycles. The highest BCUT2D eigenvalue weighted by Crippen LogP contribution is 2.11. The molecule has 1 rings (SSSR count). The summed E-state index contributed by atoms with van der Waals surface area (Å²) in [5, 5.41) is 3.16. The number of hydrogen-bond acceptors (Lipinski definition) is 4. The van der Waals surface area contributed by atoms with Crippen molar-refractivity contribution in [2.75, 3.05) is 19.1 Å². The maximum Gasteiger partial charge on any atom is 0.246 e. The van der Waals surface area contributed by atoms with Gasteiger partial charge in [-0.3, -0.25) is 14.5 Å². The molecule has 0 radical (unpaired) electrons. The molecule has 5 heteroatoms. The highest BCUT2D eigenvalue weighted by atomic mass is 32.2. The van der Waals surface area contributed by atoms with Crippen LogP contribution in [0.25, 0.3) is 0 Å². The van der Waals surface area contributed by atoms with E-state index in [1.165, 1.54) is 11.9 Å². The van der Waals surface area contributed by atoms with Crippen LogP contribution in [0.5, 0.6) is 0 Å². The summed E-state index contributed by atoms with van der Waals surface area (Å²) < 4.78 is 0. The van der Waals surface area contributed by atoms with Crippen molar-refractivity contribution in [2.24, 2.45) is 0 Å². The molecule has 1 saturated heterocycles. The summed E-state index contributed by atoms with van der Waals surface area (Å²) in [4.78, 5) is 23.9. The molecular formula is C9H16N2O2S. The zero-order valence-electron chi connectivity index (χ0n) is 8.74. The van der Waals surface area contributed by atoms with Crippen LogP contribution < -0.4 is 5.32 Å². The van der Waals surface area contributed by atoms with Crippen molar-refractivity contribution in [1.29, 1.82) is 0 Å². The minimum atomic E-state index is -0.311. The Bertz CT molecular complexity index is 245. The van der Waals surface area contributed by atoms with Gasteiger partial charge in [-0.2, -0.15) is 11.8 Å². The second-order valence-corrected chi connectivity index (χ2v) is 4.48. The first-order valence-electron chi connectivity index (χ1n) is 4.61. The summed E-state index contributed by atoms with van der Waals surface area (Å²) in [6, 6.07) is -0.0482. The molecule has 0 aromatic carbocycles. The number of rotatable bonds is 4. The highest BCUT2D eigenvalue weighted by molar-refractivity contribution is 7.98. The van der Waals surface area contributed by atoms with Crippen LogP contribution in [0, 0.1) is 0 Å². The highest BCUT2D eigenvalue weighted by Gasteiger charge is 2.36. The third-order valence-electron chi connectivity index (χ3n) is 2.28. The molecule has 1 fully saturated rings. The van der Waals surface area contributed by atoms with Crippen LogP contribution in [0.3, 0.4) is 0 Å². The summed E-state index contributed by atoms with van der Waals surface area (Å²) in [5.41, 5.74) is 0. The molecule has 0 aromatic rings. The molecule has 2 atom stereocenters. The lowest BCUT2D eigenvalue weighted by Crippen LogP contribution is -2.42. The first kappa shape index (κ1) is 11.5. The number of carbonyl (C=O) groups excluding carboxylic acids is 2. The number of likely N-dealkylation sites (tertiary alicyclic amines) is 1. The summed E-state index contributed by atoms with van der Waals surface area (Å²) >= 11 is 1.72. The Balaban J connectivity index is 2.47. The minimum Gasteiger partial charge on any atom is -0.302 e. The van der Waals surface area contributed by atoms with Crippen molar-refractivity contribution in [2.45, 2.75) is 25.4 Å². The van der Waals surface area contributed by atoms with Crippen LogP contribution in [0.1, 0.15) is 13.3 Å². The molecule has 0 bridgehead atoms. The van der Waals surface area contributed by atoms with Crippen LogP contribution in [0.2, 0.25) is 0 Å². The maximum absolute atomic E-state index is 11.5. The first-order chi connectivity index (χ1) is 6.56. The lowest BCUT2D eigenvalue weighted by Gasteiger charge is -2.16. The maximum atomic E-state index is 11.5. The summed E-state index contributed by atoms with van der Waals surface area (Å²) in [7, 11) is 1.53. The van der Waals surface area contributed by atoms with Crippen molar-refractivity contribution in [1.82, 2.24) is 10.2 Å². The van der Waals surface area contributed by atoms with Crippen LogP contribution >= 0.6 is 11.8 Å². The second-order valence-electron chi connectivity index (χ2n) is 3.57. The minimum absolute atomic E-state index is 0.0937. The van der Waals surface area contributed by atoms with Crippen molar-refractivity contribution in [3.8, 4) is 0 Å². The van der Waals surface area contributed by atoms with E-state index in [9.17, 15) is 9.59 Å². The molecule has 4 nitrogen and oxygen atoms in total. The summed E-state index contributed by atoms with van der Waals surface area (Å²) in [5.74, 6) is 0.744. The SMILES string of the molecule is CSCC(C)NC1CC(=O)N(C)C1=O. The predicted octanol–water partition coefficient (Wildman–Crippen LogP) is 0.0848. The van der Waals surface area contributed by atoms with Crippen molar-refractivity contribution in [3.63, 3.8) is 0 Å². The Kier molecular flexibility index (Phi) is 3.95. The van der Waals surface area contributed by atoms with E-state index in [4.69, 9.17) is 0 Å². The lowest BCUT2D eigenvalue weighted by atomic mass is 10.2. The zero-order valence-corrected chi connectivity index (χ0v) is 9.56. The molecule has 1 heterocycles. The van der Waals surface area contributed by atoms with Gasteiger partial charge < -0.3 is 5.32 Å². The quantitative estimate of drug-likeness (QED) is 0.676. The van der Waals surface area contributed by atoms with Gasteiger partial charge in [0, 0.05) is 18.8 Å². The van der Waals surface area contributed by atoms with E-state index in [2.05, 4.69) is 5.32 Å². The van der Waals surface area contributed by atoms with E-state index in [-0.39, 0.29) is 23.9 Å². The zero-order chi connectivity index (χ0) is 10.7. The monoisotopic (exact) mass is 216 g/mol. The first-order valence-corrected chi connectivity index (χ1v) is 6.01. The smallest absolute Gasteiger partial charge is 0.246 e. The van der Waals surface area contributed by atoms with Crippen molar-refractivity contribution in [3.05, 3.63) is 0 Å². The Morgan fingerprint density at radius 3 is 2.71 bits per heavy atom. The van der Waals surface area contributed by atoms with Gasteiger partial charge >= 0.3 is 0 Å². The van der Waals surface area contributed by atoms with Gasteiger partial charge in [0.25, 0.3) is 0 Å². The number of thioether (sulfide) groups is 1. The van der Waals surface area contributed by atoms with Crippen LogP contribution in [-0.2, 0) is 9.59 Å². The van der Waals surface area contributed by atoms with Crippen molar-refractivity contribution >= 4 is 23.6 Å². The topological polar surface area (TPSA) is 49.4 Å². The molecule has 14 heavy (non-hydrogen) atoms. The Labute approximate surface area is 88.4 Å². The Morgan fingerprint density at radius 1 is 1.64 bits per heavy atom. The van der Waals surface area contributed by atoms with Gasteiger partial charge in [0.1, 0.15) is 0 Å². The van der Waals surface area contributed by atoms with E-state index in [1.807, 2.05) is 13.2 Å². The molecule has 2 amide bonds. The fraction of sp³-hybridized carbons (Fsp3) is 0.778. The second kappa shape index (κ2) is 4.79. The number of nitrogens with zero attached hydrogens (tertiary/aromatic N) is 1. The van der Waals surface area contributed by atoms with Crippen LogP contribution in [0.15, 0.2) is 0 Å². The average Bonchev–Trinajstić information content (AvgIpc) is 2.34. The van der Waals surface area contributed by atoms with Gasteiger partial charge in [0.15, 0.2) is 0 Å². The third kappa shape index (κ3) is 2.48. The van der Waals surface area contributed by atoms with Crippen LogP contribution in [0.4, 0.5) is 0 Å². The number of likely N-dealkylation sites (N-methyl/N-ethyl adjacent to an activating group) is 1. The molecular weight excluding hydrogens is 200 g/mol. The molecule has 1 aliphatic rings. The average molecular weight is 216 g/mol.